The van der Waals surface area contributed by atoms with Gasteiger partial charge in [-0.1, -0.05) is 41.1 Å². The summed E-state index contributed by atoms with van der Waals surface area (Å²) in [5, 5.41) is 16.4. The van der Waals surface area contributed by atoms with Crippen molar-refractivity contribution >= 4 is 49.8 Å². The molecule has 1 aromatic carbocycles. The predicted molar refractivity (Wildman–Crippen MR) is 118 cm³/mol. The van der Waals surface area contributed by atoms with E-state index in [1.807, 2.05) is 29.6 Å². The second kappa shape index (κ2) is 7.36. The molecule has 3 heterocycles. The number of carbonyl (C=O) groups is 1. The van der Waals surface area contributed by atoms with Crippen molar-refractivity contribution in [1.82, 2.24) is 24.9 Å². The van der Waals surface area contributed by atoms with Crippen LogP contribution >= 0.6 is 27.3 Å². The number of rotatable bonds is 4. The van der Waals surface area contributed by atoms with Gasteiger partial charge in [-0.05, 0) is 25.0 Å². The van der Waals surface area contributed by atoms with Gasteiger partial charge in [-0.15, -0.1) is 10.2 Å². The van der Waals surface area contributed by atoms with Crippen molar-refractivity contribution in [1.29, 1.82) is 0 Å². The molecule has 0 unspecified atom stereocenters. The summed E-state index contributed by atoms with van der Waals surface area (Å²) in [6, 6.07) is 4.23. The summed E-state index contributed by atoms with van der Waals surface area (Å²) in [5.74, 6) is 0.875. The van der Waals surface area contributed by atoms with Crippen LogP contribution in [-0.2, 0) is 4.79 Å². The molecule has 5 rings (SSSR count). The first-order valence-electron chi connectivity index (χ1n) is 10.1. The van der Waals surface area contributed by atoms with Crippen LogP contribution in [0.5, 0.6) is 0 Å². The Kier molecular flexibility index (Phi) is 4.82. The molecule has 1 saturated carbocycles. The van der Waals surface area contributed by atoms with Crippen molar-refractivity contribution in [3.05, 3.63) is 27.8 Å². The number of carbonyl (C=O) groups excluding carboxylic acids is 1. The van der Waals surface area contributed by atoms with E-state index in [0.717, 1.165) is 57.4 Å². The maximum Gasteiger partial charge on any atom is 0.233 e. The summed E-state index contributed by atoms with van der Waals surface area (Å²) in [6.45, 7) is 7.06. The number of amides is 1. The fraction of sp³-hybridized carbons (Fsp3) is 0.500. The van der Waals surface area contributed by atoms with Crippen molar-refractivity contribution in [2.75, 3.05) is 31.1 Å². The summed E-state index contributed by atoms with van der Waals surface area (Å²) >= 11 is 5.30. The molecule has 7 nitrogen and oxygen atoms in total. The highest BCUT2D eigenvalue weighted by molar-refractivity contribution is 9.10. The van der Waals surface area contributed by atoms with Crippen molar-refractivity contribution in [2.45, 2.75) is 32.6 Å². The molecule has 2 aromatic heterocycles. The standard InChI is InChI=1S/C20H23BrN6OS/c1-12(2)19(28)26-7-5-25(6-8-26)16-9-14(21)10-17-15(16)11-22-27(17)20-24-23-18(29-20)13-3-4-13/h9-13H,3-8H2,1-2H3. The van der Waals surface area contributed by atoms with Crippen LogP contribution in [0, 0.1) is 5.92 Å². The lowest BCUT2D eigenvalue weighted by atomic mass is 10.1. The van der Waals surface area contributed by atoms with Gasteiger partial charge in [-0.2, -0.15) is 5.10 Å². The van der Waals surface area contributed by atoms with E-state index in [2.05, 4.69) is 48.3 Å². The number of nitrogens with zero attached hydrogens (tertiary/aromatic N) is 6. The molecule has 0 N–H and O–H groups in total. The SMILES string of the molecule is CC(C)C(=O)N1CCN(c2cc(Br)cc3c2cnn3-c2nnc(C3CC3)s2)CC1. The van der Waals surface area contributed by atoms with Crippen molar-refractivity contribution in [3.8, 4) is 5.13 Å². The van der Waals surface area contributed by atoms with Crippen LogP contribution in [0.1, 0.15) is 37.6 Å². The molecule has 9 heteroatoms. The molecule has 2 fully saturated rings. The minimum absolute atomic E-state index is 0.0461. The van der Waals surface area contributed by atoms with Gasteiger partial charge in [0.05, 0.1) is 11.7 Å². The monoisotopic (exact) mass is 474 g/mol. The smallest absolute Gasteiger partial charge is 0.233 e. The first kappa shape index (κ1) is 19.0. The zero-order valence-electron chi connectivity index (χ0n) is 16.5. The van der Waals surface area contributed by atoms with E-state index in [-0.39, 0.29) is 11.8 Å². The van der Waals surface area contributed by atoms with Gasteiger partial charge in [0.2, 0.25) is 11.0 Å². The summed E-state index contributed by atoms with van der Waals surface area (Å²) < 4.78 is 2.90. The molecular formula is C20H23BrN6OS. The van der Waals surface area contributed by atoms with E-state index in [1.165, 1.54) is 12.8 Å². The minimum Gasteiger partial charge on any atom is -0.367 e. The van der Waals surface area contributed by atoms with Crippen LogP contribution in [0.4, 0.5) is 5.69 Å². The van der Waals surface area contributed by atoms with Crippen LogP contribution in [0.15, 0.2) is 22.8 Å². The first-order chi connectivity index (χ1) is 14.0. The molecule has 29 heavy (non-hydrogen) atoms. The normalized spacial score (nSPS) is 17.5. The Hall–Kier alpha value is -2.00. The Morgan fingerprint density at radius 3 is 2.62 bits per heavy atom. The van der Waals surface area contributed by atoms with Gasteiger partial charge in [0, 0.05) is 53.6 Å². The van der Waals surface area contributed by atoms with E-state index in [9.17, 15) is 4.79 Å². The quantitative estimate of drug-likeness (QED) is 0.574. The van der Waals surface area contributed by atoms with E-state index >= 15 is 0 Å². The van der Waals surface area contributed by atoms with Crippen molar-refractivity contribution < 1.29 is 4.79 Å². The largest absolute Gasteiger partial charge is 0.367 e. The molecule has 1 amide bonds. The number of benzene rings is 1. The van der Waals surface area contributed by atoms with Crippen LogP contribution in [-0.4, -0.2) is 57.0 Å². The molecule has 152 valence electrons. The third-order valence-corrected chi connectivity index (χ3v) is 7.11. The number of hydrogen-bond donors (Lipinski definition) is 0. The molecular weight excluding hydrogens is 452 g/mol. The number of halogens is 1. The van der Waals surface area contributed by atoms with Gasteiger partial charge >= 0.3 is 0 Å². The second-order valence-electron chi connectivity index (χ2n) is 8.08. The van der Waals surface area contributed by atoms with Crippen LogP contribution < -0.4 is 4.90 Å². The molecule has 0 spiro atoms. The number of anilines is 1. The Labute approximate surface area is 181 Å². The highest BCUT2D eigenvalue weighted by Gasteiger charge is 2.29. The van der Waals surface area contributed by atoms with E-state index in [1.54, 1.807) is 11.3 Å². The molecule has 0 radical (unpaired) electrons. The maximum absolute atomic E-state index is 12.3. The lowest BCUT2D eigenvalue weighted by molar-refractivity contribution is -0.134. The average Bonchev–Trinajstić information content (AvgIpc) is 3.30. The number of aromatic nitrogens is 4. The Balaban J connectivity index is 1.44. The first-order valence-corrected chi connectivity index (χ1v) is 11.7. The van der Waals surface area contributed by atoms with Gasteiger partial charge in [0.15, 0.2) is 0 Å². The fourth-order valence-electron chi connectivity index (χ4n) is 3.83. The van der Waals surface area contributed by atoms with Crippen LogP contribution in [0.3, 0.4) is 0 Å². The van der Waals surface area contributed by atoms with Crippen molar-refractivity contribution in [2.24, 2.45) is 5.92 Å². The summed E-state index contributed by atoms with van der Waals surface area (Å²) in [5.41, 5.74) is 2.16. The number of piperazine rings is 1. The minimum atomic E-state index is 0.0461. The third kappa shape index (κ3) is 3.54. The zero-order valence-corrected chi connectivity index (χ0v) is 18.9. The zero-order chi connectivity index (χ0) is 20.1. The summed E-state index contributed by atoms with van der Waals surface area (Å²) in [4.78, 5) is 16.6. The molecule has 2 aliphatic rings. The average molecular weight is 475 g/mol. The summed E-state index contributed by atoms with van der Waals surface area (Å²) in [7, 11) is 0. The van der Waals surface area contributed by atoms with Gasteiger partial charge < -0.3 is 9.80 Å². The van der Waals surface area contributed by atoms with Crippen molar-refractivity contribution in [3.63, 3.8) is 0 Å². The van der Waals surface area contributed by atoms with Gasteiger partial charge in [0.25, 0.3) is 0 Å². The highest BCUT2D eigenvalue weighted by atomic mass is 79.9. The highest BCUT2D eigenvalue weighted by Crippen LogP contribution is 2.42. The Morgan fingerprint density at radius 2 is 1.93 bits per heavy atom. The van der Waals surface area contributed by atoms with E-state index in [0.29, 0.717) is 5.92 Å². The topological polar surface area (TPSA) is 67.2 Å². The van der Waals surface area contributed by atoms with E-state index in [4.69, 9.17) is 0 Å². The summed E-state index contributed by atoms with van der Waals surface area (Å²) in [6.07, 6.45) is 4.35. The molecule has 1 saturated heterocycles. The second-order valence-corrected chi connectivity index (χ2v) is 9.98. The molecule has 1 aliphatic carbocycles. The van der Waals surface area contributed by atoms with Gasteiger partial charge in [-0.3, -0.25) is 4.79 Å². The third-order valence-electron chi connectivity index (χ3n) is 5.60. The maximum atomic E-state index is 12.3. The molecule has 0 bridgehead atoms. The van der Waals surface area contributed by atoms with Crippen LogP contribution in [0.2, 0.25) is 0 Å². The number of fused-ring (bicyclic) bond motifs is 1. The Morgan fingerprint density at radius 1 is 1.17 bits per heavy atom. The van der Waals surface area contributed by atoms with E-state index < -0.39 is 0 Å². The fourth-order valence-corrected chi connectivity index (χ4v) is 5.25. The predicted octanol–water partition coefficient (Wildman–Crippen LogP) is 3.82. The Bertz CT molecular complexity index is 1060. The van der Waals surface area contributed by atoms with Crippen LogP contribution in [0.25, 0.3) is 16.0 Å². The lowest BCUT2D eigenvalue weighted by Gasteiger charge is -2.37. The molecule has 1 aliphatic heterocycles. The molecule has 3 aromatic rings. The van der Waals surface area contributed by atoms with Gasteiger partial charge in [0.1, 0.15) is 5.01 Å². The van der Waals surface area contributed by atoms with Gasteiger partial charge in [-0.25, -0.2) is 4.68 Å². The number of hydrogen-bond acceptors (Lipinski definition) is 6. The lowest BCUT2D eigenvalue weighted by Crippen LogP contribution is -2.50. The molecule has 0 atom stereocenters.